The van der Waals surface area contributed by atoms with Crippen LogP contribution in [0.5, 0.6) is 16.7 Å². The molecule has 9 nitrogen and oxygen atoms in total. The molecule has 3 aromatic heterocycles. The second kappa shape index (κ2) is 6.41. The summed E-state index contributed by atoms with van der Waals surface area (Å²) in [7, 11) is 1.44. The lowest BCUT2D eigenvalue weighted by Crippen LogP contribution is -1.95. The number of nitrogens with zero attached hydrogens (tertiary/aromatic N) is 5. The Labute approximate surface area is 150 Å². The molecule has 3 heterocycles. The Morgan fingerprint density at radius 2 is 2.19 bits per heavy atom. The predicted octanol–water partition coefficient (Wildman–Crippen LogP) is 3.56. The van der Waals surface area contributed by atoms with Crippen LogP contribution in [0.25, 0.3) is 16.2 Å². The lowest BCUT2D eigenvalue weighted by Gasteiger charge is -2.04. The number of aromatic nitrogens is 4. The van der Waals surface area contributed by atoms with Crippen molar-refractivity contribution in [3.63, 3.8) is 0 Å². The zero-order chi connectivity index (χ0) is 18.1. The second-order valence-corrected chi connectivity index (χ2v) is 6.07. The Morgan fingerprint density at radius 1 is 1.31 bits per heavy atom. The summed E-state index contributed by atoms with van der Waals surface area (Å²) in [5.41, 5.74) is 1.41. The van der Waals surface area contributed by atoms with Gasteiger partial charge in [-0.15, -0.1) is 5.10 Å². The molecule has 0 unspecified atom stereocenters. The maximum Gasteiger partial charge on any atom is 0.315 e. The van der Waals surface area contributed by atoms with Crippen LogP contribution in [0.1, 0.15) is 0 Å². The van der Waals surface area contributed by atoms with Crippen LogP contribution < -0.4 is 9.47 Å². The fourth-order valence-electron chi connectivity index (χ4n) is 2.32. The number of hydrogen-bond donors (Lipinski definition) is 0. The number of benzene rings is 1. The van der Waals surface area contributed by atoms with E-state index < -0.39 is 4.92 Å². The molecule has 0 spiro atoms. The molecular formula is C16H11N5O4S. The van der Waals surface area contributed by atoms with Gasteiger partial charge in [0.05, 0.1) is 30.0 Å². The molecule has 1 aromatic carbocycles. The van der Waals surface area contributed by atoms with Gasteiger partial charge in [-0.1, -0.05) is 0 Å². The van der Waals surface area contributed by atoms with E-state index >= 15 is 0 Å². The summed E-state index contributed by atoms with van der Waals surface area (Å²) in [6.45, 7) is 0. The van der Waals surface area contributed by atoms with E-state index in [2.05, 4.69) is 15.1 Å². The second-order valence-electron chi connectivity index (χ2n) is 5.16. The monoisotopic (exact) mass is 369 g/mol. The van der Waals surface area contributed by atoms with Gasteiger partial charge in [0.15, 0.2) is 0 Å². The van der Waals surface area contributed by atoms with Gasteiger partial charge in [-0.25, -0.2) is 9.50 Å². The highest BCUT2D eigenvalue weighted by Crippen LogP contribution is 2.36. The van der Waals surface area contributed by atoms with Crippen molar-refractivity contribution in [1.29, 1.82) is 0 Å². The lowest BCUT2D eigenvalue weighted by atomic mass is 10.2. The minimum atomic E-state index is -0.531. The van der Waals surface area contributed by atoms with E-state index in [1.807, 2.05) is 12.1 Å². The van der Waals surface area contributed by atoms with E-state index in [0.29, 0.717) is 10.7 Å². The number of nitro groups is 1. The smallest absolute Gasteiger partial charge is 0.315 e. The van der Waals surface area contributed by atoms with Crippen molar-refractivity contribution < 1.29 is 14.4 Å². The molecule has 0 N–H and O–H groups in total. The summed E-state index contributed by atoms with van der Waals surface area (Å²) < 4.78 is 12.2. The van der Waals surface area contributed by atoms with Crippen molar-refractivity contribution in [1.82, 2.24) is 19.6 Å². The van der Waals surface area contributed by atoms with Crippen molar-refractivity contribution in [3.8, 4) is 28.0 Å². The number of hydrogen-bond acceptors (Lipinski definition) is 8. The van der Waals surface area contributed by atoms with Gasteiger partial charge < -0.3 is 9.47 Å². The minimum absolute atomic E-state index is 0.0836. The van der Waals surface area contributed by atoms with Gasteiger partial charge in [-0.3, -0.25) is 15.1 Å². The fraction of sp³-hybridized carbons (Fsp3) is 0.0625. The summed E-state index contributed by atoms with van der Waals surface area (Å²) in [6, 6.07) is 8.09. The predicted molar refractivity (Wildman–Crippen MR) is 93.8 cm³/mol. The van der Waals surface area contributed by atoms with Gasteiger partial charge >= 0.3 is 5.69 Å². The molecule has 0 aliphatic heterocycles. The average molecular weight is 369 g/mol. The Morgan fingerprint density at radius 3 is 2.88 bits per heavy atom. The number of nitro benzene ring substituents is 1. The molecule has 0 saturated carbocycles. The molecule has 26 heavy (non-hydrogen) atoms. The molecule has 0 radical (unpaired) electrons. The first kappa shape index (κ1) is 16.0. The molecule has 4 rings (SSSR count). The molecule has 0 aliphatic carbocycles. The summed E-state index contributed by atoms with van der Waals surface area (Å²) in [4.78, 5) is 19.8. The van der Waals surface area contributed by atoms with E-state index in [9.17, 15) is 10.1 Å². The molecule has 0 saturated heterocycles. The molecule has 4 aromatic rings. The standard InChI is InChI=1S/C16H11N5O4S/c1-24-11-4-5-14(13(7-11)21(22)23)25-16-19-20-9-12(18-15(20)26-16)10-3-2-6-17-8-10/h2-9H,1H3. The first-order valence-electron chi connectivity index (χ1n) is 7.41. The molecule has 0 amide bonds. The summed E-state index contributed by atoms with van der Waals surface area (Å²) >= 11 is 1.18. The summed E-state index contributed by atoms with van der Waals surface area (Å²) in [5.74, 6) is 0.458. The quantitative estimate of drug-likeness (QED) is 0.391. The molecule has 130 valence electrons. The van der Waals surface area contributed by atoms with Gasteiger partial charge in [0.2, 0.25) is 10.7 Å². The lowest BCUT2D eigenvalue weighted by molar-refractivity contribution is -0.385. The first-order chi connectivity index (χ1) is 12.6. The molecular weight excluding hydrogens is 358 g/mol. The van der Waals surface area contributed by atoms with Crippen LogP contribution in [-0.4, -0.2) is 31.6 Å². The van der Waals surface area contributed by atoms with E-state index in [1.54, 1.807) is 29.2 Å². The van der Waals surface area contributed by atoms with E-state index in [-0.39, 0.29) is 16.6 Å². The number of methoxy groups -OCH3 is 1. The van der Waals surface area contributed by atoms with E-state index in [4.69, 9.17) is 9.47 Å². The number of pyridine rings is 1. The van der Waals surface area contributed by atoms with E-state index in [1.165, 1.54) is 30.6 Å². The minimum Gasteiger partial charge on any atom is -0.496 e. The van der Waals surface area contributed by atoms with Crippen LogP contribution >= 0.6 is 11.3 Å². The van der Waals surface area contributed by atoms with Crippen molar-refractivity contribution in [2.75, 3.05) is 7.11 Å². The third-order valence-corrected chi connectivity index (χ3v) is 4.34. The van der Waals surface area contributed by atoms with Crippen molar-refractivity contribution in [2.24, 2.45) is 0 Å². The average Bonchev–Trinajstić information content (AvgIpc) is 3.21. The van der Waals surface area contributed by atoms with Gasteiger partial charge in [0.1, 0.15) is 5.75 Å². The molecule has 0 aliphatic rings. The SMILES string of the molecule is COc1ccc(Oc2nn3cc(-c4cccnc4)nc3s2)c([N+](=O)[O-])c1. The normalized spacial score (nSPS) is 10.8. The van der Waals surface area contributed by atoms with Crippen molar-refractivity contribution >= 4 is 22.0 Å². The molecule has 0 fully saturated rings. The van der Waals surface area contributed by atoms with Crippen molar-refractivity contribution in [2.45, 2.75) is 0 Å². The van der Waals surface area contributed by atoms with Gasteiger partial charge in [-0.2, -0.15) is 0 Å². The van der Waals surface area contributed by atoms with Gasteiger partial charge in [0, 0.05) is 18.0 Å². The fourth-order valence-corrected chi connectivity index (χ4v) is 3.07. The highest BCUT2D eigenvalue weighted by atomic mass is 32.1. The Hall–Kier alpha value is -3.53. The van der Waals surface area contributed by atoms with Crippen LogP contribution in [0, 0.1) is 10.1 Å². The largest absolute Gasteiger partial charge is 0.496 e. The molecule has 10 heteroatoms. The summed E-state index contributed by atoms with van der Waals surface area (Å²) in [6.07, 6.45) is 5.15. The van der Waals surface area contributed by atoms with Gasteiger partial charge in [0.25, 0.3) is 5.19 Å². The van der Waals surface area contributed by atoms with Crippen LogP contribution in [0.2, 0.25) is 0 Å². The third kappa shape index (κ3) is 2.93. The summed E-state index contributed by atoms with van der Waals surface area (Å²) in [5, 5.41) is 15.8. The Bertz CT molecular complexity index is 1060. The number of imidazole rings is 1. The Balaban J connectivity index is 1.64. The van der Waals surface area contributed by atoms with Crippen LogP contribution in [0.3, 0.4) is 0 Å². The van der Waals surface area contributed by atoms with E-state index in [0.717, 1.165) is 11.3 Å². The highest BCUT2D eigenvalue weighted by Gasteiger charge is 2.19. The topological polar surface area (TPSA) is 105 Å². The van der Waals surface area contributed by atoms with Crippen LogP contribution in [-0.2, 0) is 0 Å². The van der Waals surface area contributed by atoms with Crippen LogP contribution in [0.15, 0.2) is 48.9 Å². The maximum absolute atomic E-state index is 11.2. The maximum atomic E-state index is 11.2. The van der Waals surface area contributed by atoms with Crippen LogP contribution in [0.4, 0.5) is 5.69 Å². The number of rotatable bonds is 5. The zero-order valence-corrected chi connectivity index (χ0v) is 14.2. The van der Waals surface area contributed by atoms with Crippen molar-refractivity contribution in [3.05, 3.63) is 59.0 Å². The first-order valence-corrected chi connectivity index (χ1v) is 8.22. The zero-order valence-electron chi connectivity index (χ0n) is 13.4. The molecule has 0 bridgehead atoms. The number of fused-ring (bicyclic) bond motifs is 1. The third-order valence-electron chi connectivity index (χ3n) is 3.54. The number of ether oxygens (including phenoxy) is 2. The highest BCUT2D eigenvalue weighted by molar-refractivity contribution is 7.18. The Kier molecular flexibility index (Phi) is 3.93. The molecule has 0 atom stereocenters. The van der Waals surface area contributed by atoms with Gasteiger partial charge in [-0.05, 0) is 35.6 Å².